The van der Waals surface area contributed by atoms with E-state index in [4.69, 9.17) is 4.74 Å². The molecular formula is C12H23NO3. The number of nitrogens with zero attached hydrogens (tertiary/aromatic N) is 1. The predicted molar refractivity (Wildman–Crippen MR) is 62.1 cm³/mol. The number of β-amino-alcohol motifs (C(OH)–C–C–N with tert-alkyl or cyclic N) is 1. The number of ether oxygens (including phenoxy) is 1. The molecule has 0 saturated carbocycles. The van der Waals surface area contributed by atoms with E-state index in [2.05, 4.69) is 4.90 Å². The standard InChI is InChI=1S/C12H23NO3/c1-12(2,3)16-11(15)6-8-13-7-4-5-10(14)9-13/h10,14H,4-9H2,1-3H3. The summed E-state index contributed by atoms with van der Waals surface area (Å²) in [7, 11) is 0. The fourth-order valence-corrected chi connectivity index (χ4v) is 1.88. The minimum absolute atomic E-state index is 0.160. The van der Waals surface area contributed by atoms with Crippen molar-refractivity contribution in [2.24, 2.45) is 0 Å². The molecule has 0 aliphatic carbocycles. The smallest absolute Gasteiger partial charge is 0.307 e. The summed E-state index contributed by atoms with van der Waals surface area (Å²) in [4.78, 5) is 13.6. The second kappa shape index (κ2) is 5.64. The highest BCUT2D eigenvalue weighted by molar-refractivity contribution is 5.70. The summed E-state index contributed by atoms with van der Waals surface area (Å²) in [6.07, 6.45) is 2.06. The number of carbonyl (C=O) groups excluding carboxylic acids is 1. The molecule has 16 heavy (non-hydrogen) atoms. The average Bonchev–Trinajstić information content (AvgIpc) is 2.12. The molecule has 0 bridgehead atoms. The van der Waals surface area contributed by atoms with Crippen LogP contribution in [0.25, 0.3) is 0 Å². The highest BCUT2D eigenvalue weighted by Gasteiger charge is 2.20. The molecule has 0 aromatic rings. The van der Waals surface area contributed by atoms with E-state index < -0.39 is 5.60 Å². The molecule has 0 radical (unpaired) electrons. The third-order valence-corrected chi connectivity index (χ3v) is 2.53. The minimum atomic E-state index is -0.404. The van der Waals surface area contributed by atoms with Gasteiger partial charge in [-0.1, -0.05) is 0 Å². The van der Waals surface area contributed by atoms with Crippen LogP contribution in [-0.4, -0.2) is 47.3 Å². The van der Waals surface area contributed by atoms with Crippen LogP contribution in [0.4, 0.5) is 0 Å². The van der Waals surface area contributed by atoms with Crippen molar-refractivity contribution in [3.05, 3.63) is 0 Å². The number of esters is 1. The minimum Gasteiger partial charge on any atom is -0.460 e. The molecule has 0 amide bonds. The summed E-state index contributed by atoms with van der Waals surface area (Å²) in [6.45, 7) is 7.95. The first-order valence-corrected chi connectivity index (χ1v) is 5.99. The number of piperidine rings is 1. The first kappa shape index (κ1) is 13.5. The van der Waals surface area contributed by atoms with E-state index in [0.717, 1.165) is 19.4 Å². The van der Waals surface area contributed by atoms with E-state index in [9.17, 15) is 9.90 Å². The van der Waals surface area contributed by atoms with Crippen LogP contribution in [0.1, 0.15) is 40.0 Å². The summed E-state index contributed by atoms with van der Waals surface area (Å²) in [5.41, 5.74) is -0.404. The monoisotopic (exact) mass is 229 g/mol. The van der Waals surface area contributed by atoms with Gasteiger partial charge >= 0.3 is 5.97 Å². The Morgan fingerprint density at radius 2 is 2.19 bits per heavy atom. The number of carbonyl (C=O) groups is 1. The van der Waals surface area contributed by atoms with Crippen LogP contribution in [0, 0.1) is 0 Å². The van der Waals surface area contributed by atoms with Crippen LogP contribution in [0.2, 0.25) is 0 Å². The molecular weight excluding hydrogens is 206 g/mol. The highest BCUT2D eigenvalue weighted by atomic mass is 16.6. The van der Waals surface area contributed by atoms with E-state index in [1.54, 1.807) is 0 Å². The zero-order valence-electron chi connectivity index (χ0n) is 10.5. The number of hydrogen-bond donors (Lipinski definition) is 1. The number of hydrogen-bond acceptors (Lipinski definition) is 4. The van der Waals surface area contributed by atoms with Gasteiger partial charge in [-0.25, -0.2) is 0 Å². The second-order valence-electron chi connectivity index (χ2n) is 5.43. The largest absolute Gasteiger partial charge is 0.460 e. The van der Waals surface area contributed by atoms with Crippen molar-refractivity contribution in [1.82, 2.24) is 4.90 Å². The lowest BCUT2D eigenvalue weighted by atomic mass is 10.1. The maximum absolute atomic E-state index is 11.5. The van der Waals surface area contributed by atoms with Gasteiger partial charge in [-0.05, 0) is 40.2 Å². The Balaban J connectivity index is 2.21. The van der Waals surface area contributed by atoms with Gasteiger partial charge in [0.2, 0.25) is 0 Å². The van der Waals surface area contributed by atoms with Crippen molar-refractivity contribution in [3.8, 4) is 0 Å². The molecule has 1 heterocycles. The molecule has 1 unspecified atom stereocenters. The van der Waals surface area contributed by atoms with E-state index in [-0.39, 0.29) is 12.1 Å². The van der Waals surface area contributed by atoms with Crippen molar-refractivity contribution in [1.29, 1.82) is 0 Å². The van der Waals surface area contributed by atoms with Gasteiger partial charge < -0.3 is 14.7 Å². The van der Waals surface area contributed by atoms with Crippen LogP contribution in [0.5, 0.6) is 0 Å². The summed E-state index contributed by atoms with van der Waals surface area (Å²) in [5.74, 6) is -0.160. The Kier molecular flexibility index (Phi) is 4.74. The summed E-state index contributed by atoms with van der Waals surface area (Å²) in [5, 5.41) is 9.47. The zero-order valence-corrected chi connectivity index (χ0v) is 10.5. The van der Waals surface area contributed by atoms with Gasteiger partial charge in [0.05, 0.1) is 12.5 Å². The molecule has 1 aliphatic heterocycles. The highest BCUT2D eigenvalue weighted by Crippen LogP contribution is 2.12. The lowest BCUT2D eigenvalue weighted by molar-refractivity contribution is -0.155. The van der Waals surface area contributed by atoms with Crippen molar-refractivity contribution in [3.63, 3.8) is 0 Å². The molecule has 0 aromatic carbocycles. The quantitative estimate of drug-likeness (QED) is 0.738. The van der Waals surface area contributed by atoms with Crippen molar-refractivity contribution in [2.75, 3.05) is 19.6 Å². The molecule has 1 saturated heterocycles. The second-order valence-corrected chi connectivity index (χ2v) is 5.43. The number of aliphatic hydroxyl groups excluding tert-OH is 1. The first-order chi connectivity index (χ1) is 7.37. The fraction of sp³-hybridized carbons (Fsp3) is 0.917. The topological polar surface area (TPSA) is 49.8 Å². The molecule has 0 spiro atoms. The van der Waals surface area contributed by atoms with Gasteiger partial charge in [0.25, 0.3) is 0 Å². The maximum Gasteiger partial charge on any atom is 0.307 e. The molecule has 0 aromatic heterocycles. The van der Waals surface area contributed by atoms with Crippen molar-refractivity contribution in [2.45, 2.75) is 51.7 Å². The first-order valence-electron chi connectivity index (χ1n) is 5.99. The Hall–Kier alpha value is -0.610. The molecule has 1 fully saturated rings. The predicted octanol–water partition coefficient (Wildman–Crippen LogP) is 1.17. The van der Waals surface area contributed by atoms with Gasteiger partial charge in [-0.2, -0.15) is 0 Å². The van der Waals surface area contributed by atoms with E-state index >= 15 is 0 Å². The lowest BCUT2D eigenvalue weighted by Crippen LogP contribution is -2.39. The number of rotatable bonds is 3. The Morgan fingerprint density at radius 3 is 2.75 bits per heavy atom. The van der Waals surface area contributed by atoms with Crippen LogP contribution < -0.4 is 0 Å². The molecule has 4 nitrogen and oxygen atoms in total. The normalized spacial score (nSPS) is 23.1. The Bertz CT molecular complexity index is 235. The van der Waals surface area contributed by atoms with Crippen LogP contribution in [0.15, 0.2) is 0 Å². The van der Waals surface area contributed by atoms with Crippen LogP contribution >= 0.6 is 0 Å². The molecule has 1 atom stereocenters. The average molecular weight is 229 g/mol. The summed E-state index contributed by atoms with van der Waals surface area (Å²) in [6, 6.07) is 0. The zero-order chi connectivity index (χ0) is 12.2. The van der Waals surface area contributed by atoms with Crippen molar-refractivity contribution < 1.29 is 14.6 Å². The number of likely N-dealkylation sites (tertiary alicyclic amines) is 1. The third kappa shape index (κ3) is 5.47. The number of aliphatic hydroxyl groups is 1. The van der Waals surface area contributed by atoms with Gasteiger partial charge in [-0.15, -0.1) is 0 Å². The Labute approximate surface area is 97.6 Å². The molecule has 4 heteroatoms. The summed E-state index contributed by atoms with van der Waals surface area (Å²) < 4.78 is 5.23. The van der Waals surface area contributed by atoms with Gasteiger partial charge in [0, 0.05) is 13.1 Å². The maximum atomic E-state index is 11.5. The van der Waals surface area contributed by atoms with Gasteiger partial charge in [0.15, 0.2) is 0 Å². The van der Waals surface area contributed by atoms with Gasteiger partial charge in [0.1, 0.15) is 5.60 Å². The fourth-order valence-electron chi connectivity index (χ4n) is 1.88. The van der Waals surface area contributed by atoms with E-state index in [1.165, 1.54) is 0 Å². The molecule has 1 N–H and O–H groups in total. The molecule has 1 rings (SSSR count). The Morgan fingerprint density at radius 1 is 1.50 bits per heavy atom. The lowest BCUT2D eigenvalue weighted by Gasteiger charge is -2.30. The van der Waals surface area contributed by atoms with Crippen LogP contribution in [-0.2, 0) is 9.53 Å². The summed E-state index contributed by atoms with van der Waals surface area (Å²) >= 11 is 0. The third-order valence-electron chi connectivity index (χ3n) is 2.53. The van der Waals surface area contributed by atoms with Crippen molar-refractivity contribution >= 4 is 5.97 Å². The SMILES string of the molecule is CC(C)(C)OC(=O)CCN1CCCC(O)C1. The van der Waals surface area contributed by atoms with Crippen LogP contribution in [0.3, 0.4) is 0 Å². The van der Waals surface area contributed by atoms with E-state index in [1.807, 2.05) is 20.8 Å². The van der Waals surface area contributed by atoms with E-state index in [0.29, 0.717) is 19.5 Å². The molecule has 94 valence electrons. The van der Waals surface area contributed by atoms with Gasteiger partial charge in [-0.3, -0.25) is 4.79 Å². The molecule has 1 aliphatic rings.